The fraction of sp³-hybridized carbons (Fsp3) is 0.355. The predicted octanol–water partition coefficient (Wildman–Crippen LogP) is 5.70. The highest BCUT2D eigenvalue weighted by atomic mass is 35.5. The number of aromatic carboxylic acids is 1. The third kappa shape index (κ3) is 10.9. The van der Waals surface area contributed by atoms with Crippen molar-refractivity contribution in [3.05, 3.63) is 87.4 Å². The molecule has 13 heteroatoms. The number of anilines is 1. The van der Waals surface area contributed by atoms with Crippen LogP contribution in [0.4, 0.5) is 14.5 Å². The Kier molecular flexibility index (Phi) is 12.7. The van der Waals surface area contributed by atoms with E-state index in [1.165, 1.54) is 24.6 Å². The highest BCUT2D eigenvalue weighted by molar-refractivity contribution is 6.32. The van der Waals surface area contributed by atoms with Gasteiger partial charge in [-0.15, -0.1) is 0 Å². The molecule has 3 aromatic rings. The van der Waals surface area contributed by atoms with Crippen LogP contribution in [-0.4, -0.2) is 70.0 Å². The van der Waals surface area contributed by atoms with Crippen molar-refractivity contribution >= 4 is 40.8 Å². The van der Waals surface area contributed by atoms with Gasteiger partial charge in [-0.2, -0.15) is 0 Å². The number of ether oxygens (including phenoxy) is 1. The number of aromatic hydroxyl groups is 1. The number of nitrogens with one attached hydrogen (secondary N) is 2. The standard InChI is InChI=1S/C24H31Cl2N3O4.C7H4F2O2/c1-16(30)28-21-11-20(26)22(31)12-23(21)33-15-24(2,32)14-27-19-7-9-29(10-8-19)13-17-3-5-18(25)6-4-17;8-4-2-1-3-5(9)6(4)7(10)11/h3-6,11-12,19,27,31-32H,7-10,13-15H2,1-2H3,(H,28,30);1-3H,(H,10,11)/t24-;/m0./s1. The van der Waals surface area contributed by atoms with Crippen LogP contribution in [0.2, 0.25) is 10.0 Å². The van der Waals surface area contributed by atoms with E-state index in [1.54, 1.807) is 6.92 Å². The molecule has 9 nitrogen and oxygen atoms in total. The van der Waals surface area contributed by atoms with Crippen LogP contribution in [0, 0.1) is 11.6 Å². The fourth-order valence-electron chi connectivity index (χ4n) is 4.44. The van der Waals surface area contributed by atoms with Crippen LogP contribution >= 0.6 is 23.2 Å². The number of carboxylic acids is 1. The van der Waals surface area contributed by atoms with Gasteiger partial charge in [0.15, 0.2) is 0 Å². The van der Waals surface area contributed by atoms with E-state index in [0.29, 0.717) is 18.3 Å². The second-order valence-electron chi connectivity index (χ2n) is 10.7. The zero-order valence-corrected chi connectivity index (χ0v) is 25.8. The molecular formula is C31H35Cl2F2N3O6. The number of benzene rings is 3. The molecule has 3 aromatic carbocycles. The first-order valence-corrected chi connectivity index (χ1v) is 14.5. The summed E-state index contributed by atoms with van der Waals surface area (Å²) in [5, 5.41) is 35.8. The molecule has 1 amide bonds. The minimum absolute atomic E-state index is 0.0247. The number of piperidine rings is 1. The van der Waals surface area contributed by atoms with Crippen LogP contribution in [0.1, 0.15) is 42.6 Å². The fourth-order valence-corrected chi connectivity index (χ4v) is 4.73. The number of phenols is 1. The van der Waals surface area contributed by atoms with E-state index in [-0.39, 0.29) is 29.0 Å². The molecule has 5 N–H and O–H groups in total. The van der Waals surface area contributed by atoms with E-state index in [0.717, 1.165) is 55.7 Å². The van der Waals surface area contributed by atoms with Crippen molar-refractivity contribution in [1.29, 1.82) is 0 Å². The zero-order valence-electron chi connectivity index (χ0n) is 24.2. The molecule has 0 aliphatic carbocycles. The number of halogens is 4. The van der Waals surface area contributed by atoms with Crippen molar-refractivity contribution < 1.29 is 38.4 Å². The number of rotatable bonds is 10. The molecule has 1 fully saturated rings. The Morgan fingerprint density at radius 1 is 1.07 bits per heavy atom. The van der Waals surface area contributed by atoms with E-state index in [1.807, 2.05) is 12.1 Å². The van der Waals surface area contributed by atoms with Crippen LogP contribution in [0.25, 0.3) is 0 Å². The molecule has 0 unspecified atom stereocenters. The summed E-state index contributed by atoms with van der Waals surface area (Å²) in [5.74, 6) is -3.93. The highest BCUT2D eigenvalue weighted by Crippen LogP contribution is 2.35. The lowest BCUT2D eigenvalue weighted by Crippen LogP contribution is -2.49. The number of aliphatic hydroxyl groups is 1. The van der Waals surface area contributed by atoms with Gasteiger partial charge in [0, 0.05) is 37.1 Å². The summed E-state index contributed by atoms with van der Waals surface area (Å²) in [6.07, 6.45) is 1.98. The molecule has 1 aliphatic rings. The average molecular weight is 655 g/mol. The van der Waals surface area contributed by atoms with Gasteiger partial charge in [0.25, 0.3) is 0 Å². The van der Waals surface area contributed by atoms with Crippen LogP contribution in [0.5, 0.6) is 11.5 Å². The molecular weight excluding hydrogens is 619 g/mol. The molecule has 44 heavy (non-hydrogen) atoms. The summed E-state index contributed by atoms with van der Waals surface area (Å²) in [7, 11) is 0. The third-order valence-electron chi connectivity index (χ3n) is 6.75. The van der Waals surface area contributed by atoms with E-state index in [9.17, 15) is 28.6 Å². The Labute approximate surface area is 264 Å². The molecule has 0 spiro atoms. The van der Waals surface area contributed by atoms with Gasteiger partial charge in [-0.3, -0.25) is 9.69 Å². The van der Waals surface area contributed by atoms with Crippen LogP contribution in [0.15, 0.2) is 54.6 Å². The van der Waals surface area contributed by atoms with Crippen molar-refractivity contribution in [2.45, 2.75) is 44.9 Å². The number of amides is 1. The summed E-state index contributed by atoms with van der Waals surface area (Å²) < 4.78 is 30.7. The molecule has 1 saturated heterocycles. The van der Waals surface area contributed by atoms with Crippen LogP contribution in [0.3, 0.4) is 0 Å². The maximum Gasteiger partial charge on any atom is 0.341 e. The van der Waals surface area contributed by atoms with Gasteiger partial charge in [-0.1, -0.05) is 41.4 Å². The summed E-state index contributed by atoms with van der Waals surface area (Å²) in [5.41, 5.74) is -0.476. The molecule has 1 atom stereocenters. The van der Waals surface area contributed by atoms with Gasteiger partial charge in [0.2, 0.25) is 5.91 Å². The SMILES string of the molecule is CC(=O)Nc1cc(Cl)c(O)cc1OC[C@@](C)(O)CNC1CCN(Cc2ccc(Cl)cc2)CC1.O=C(O)c1c(F)cccc1F. The van der Waals surface area contributed by atoms with Crippen molar-refractivity contribution in [2.75, 3.05) is 31.6 Å². The summed E-state index contributed by atoms with van der Waals surface area (Å²) in [6.45, 7) is 6.23. The van der Waals surface area contributed by atoms with Crippen LogP contribution in [-0.2, 0) is 11.3 Å². The first-order chi connectivity index (χ1) is 20.7. The second kappa shape index (κ2) is 16.0. The molecule has 1 heterocycles. The molecule has 1 aliphatic heterocycles. The van der Waals surface area contributed by atoms with Gasteiger partial charge in [0.1, 0.15) is 40.9 Å². The van der Waals surface area contributed by atoms with Gasteiger partial charge in [0.05, 0.1) is 10.7 Å². The number of hydrogen-bond acceptors (Lipinski definition) is 7. The molecule has 0 radical (unpaired) electrons. The Bertz CT molecular complexity index is 1410. The van der Waals surface area contributed by atoms with Crippen molar-refractivity contribution in [2.24, 2.45) is 0 Å². The van der Waals surface area contributed by atoms with E-state index in [4.69, 9.17) is 33.0 Å². The topological polar surface area (TPSA) is 131 Å². The number of phenolic OH excluding ortho intramolecular Hbond substituents is 1. The number of nitrogens with zero attached hydrogens (tertiary/aromatic N) is 1. The second-order valence-corrected chi connectivity index (χ2v) is 11.6. The number of carboxylic acid groups (broad SMARTS) is 1. The van der Waals surface area contributed by atoms with Crippen molar-refractivity contribution in [1.82, 2.24) is 10.2 Å². The summed E-state index contributed by atoms with van der Waals surface area (Å²) in [4.78, 5) is 24.0. The third-order valence-corrected chi connectivity index (χ3v) is 7.31. The minimum Gasteiger partial charge on any atom is -0.506 e. The number of carbonyl (C=O) groups is 2. The zero-order chi connectivity index (χ0) is 32.4. The molecule has 0 saturated carbocycles. The smallest absolute Gasteiger partial charge is 0.341 e. The monoisotopic (exact) mass is 653 g/mol. The molecule has 4 rings (SSSR count). The van der Waals surface area contributed by atoms with Gasteiger partial charge < -0.3 is 30.7 Å². The molecule has 0 aromatic heterocycles. The van der Waals surface area contributed by atoms with E-state index >= 15 is 0 Å². The number of likely N-dealkylation sites (tertiary alicyclic amines) is 1. The van der Waals surface area contributed by atoms with E-state index in [2.05, 4.69) is 27.7 Å². The Balaban J connectivity index is 0.000000404. The van der Waals surface area contributed by atoms with E-state index < -0.39 is 28.8 Å². The maximum atomic E-state index is 12.5. The van der Waals surface area contributed by atoms with Gasteiger partial charge in [-0.05, 0) is 68.8 Å². The summed E-state index contributed by atoms with van der Waals surface area (Å²) in [6, 6.07) is 13.9. The van der Waals surface area contributed by atoms with Crippen molar-refractivity contribution in [3.63, 3.8) is 0 Å². The number of carbonyl (C=O) groups excluding carboxylic acids is 1. The quantitative estimate of drug-likeness (QED) is 0.176. The normalized spacial score (nSPS) is 15.1. The Hall–Kier alpha value is -3.48. The Morgan fingerprint density at radius 3 is 2.23 bits per heavy atom. The lowest BCUT2D eigenvalue weighted by molar-refractivity contribution is -0.114. The predicted molar refractivity (Wildman–Crippen MR) is 165 cm³/mol. The lowest BCUT2D eigenvalue weighted by Gasteiger charge is -2.34. The first-order valence-electron chi connectivity index (χ1n) is 13.8. The van der Waals surface area contributed by atoms with Crippen molar-refractivity contribution in [3.8, 4) is 11.5 Å². The maximum absolute atomic E-state index is 12.5. The van der Waals surface area contributed by atoms with Crippen LogP contribution < -0.4 is 15.4 Å². The average Bonchev–Trinajstić information content (AvgIpc) is 2.95. The molecule has 0 bridgehead atoms. The largest absolute Gasteiger partial charge is 0.506 e. The minimum atomic E-state index is -1.60. The first kappa shape index (κ1) is 35.0. The van der Waals surface area contributed by atoms with Gasteiger partial charge in [-0.25, -0.2) is 13.6 Å². The highest BCUT2D eigenvalue weighted by Gasteiger charge is 2.26. The lowest BCUT2D eigenvalue weighted by atomic mass is 10.0. The number of hydrogen-bond donors (Lipinski definition) is 5. The summed E-state index contributed by atoms with van der Waals surface area (Å²) >= 11 is 11.9. The van der Waals surface area contributed by atoms with Gasteiger partial charge >= 0.3 is 5.97 Å². The Morgan fingerprint density at radius 2 is 1.68 bits per heavy atom. The molecule has 238 valence electrons.